The van der Waals surface area contributed by atoms with Gasteiger partial charge in [0.15, 0.2) is 0 Å². The first-order chi connectivity index (χ1) is 8.22. The summed E-state index contributed by atoms with van der Waals surface area (Å²) in [5.74, 6) is -2.32. The molecular formula is C13H9NO3. The van der Waals surface area contributed by atoms with Gasteiger partial charge in [0, 0.05) is 11.8 Å². The topological polar surface area (TPSA) is 59.4 Å². The lowest BCUT2D eigenvalue weighted by Gasteiger charge is -2.21. The molecule has 0 saturated carbocycles. The van der Waals surface area contributed by atoms with Gasteiger partial charge in [0.1, 0.15) is 5.69 Å². The predicted octanol–water partition coefficient (Wildman–Crippen LogP) is 1.45. The first-order valence-electron chi connectivity index (χ1n) is 5.18. The van der Waals surface area contributed by atoms with E-state index in [0.29, 0.717) is 11.1 Å². The van der Waals surface area contributed by atoms with E-state index in [1.54, 1.807) is 36.4 Å². The van der Waals surface area contributed by atoms with Crippen LogP contribution in [0.2, 0.25) is 0 Å². The van der Waals surface area contributed by atoms with Gasteiger partial charge in [-0.15, -0.1) is 0 Å². The average Bonchev–Trinajstić information content (AvgIpc) is 2.65. The highest BCUT2D eigenvalue weighted by molar-refractivity contribution is 5.94. The van der Waals surface area contributed by atoms with Crippen molar-refractivity contribution >= 4 is 5.97 Å². The second kappa shape index (κ2) is 3.40. The molecule has 1 N–H and O–H groups in total. The third-order valence-corrected chi connectivity index (χ3v) is 2.75. The summed E-state index contributed by atoms with van der Waals surface area (Å²) >= 11 is 0. The SMILES string of the molecule is O=C1O[C@](O)(c2ccccc2)c2ncccc21. The lowest BCUT2D eigenvalue weighted by Crippen LogP contribution is -2.27. The second-order valence-corrected chi connectivity index (χ2v) is 3.80. The largest absolute Gasteiger partial charge is 0.419 e. The molecule has 0 radical (unpaired) electrons. The smallest absolute Gasteiger partial charge is 0.343 e. The molecule has 4 heteroatoms. The van der Waals surface area contributed by atoms with Gasteiger partial charge in [0.2, 0.25) is 0 Å². The molecule has 1 atom stereocenters. The van der Waals surface area contributed by atoms with Crippen molar-refractivity contribution in [3.05, 3.63) is 65.5 Å². The molecule has 84 valence electrons. The Hall–Kier alpha value is -2.20. The summed E-state index contributed by atoms with van der Waals surface area (Å²) < 4.78 is 5.06. The number of ether oxygens (including phenoxy) is 1. The van der Waals surface area contributed by atoms with Crippen molar-refractivity contribution in [2.45, 2.75) is 5.79 Å². The van der Waals surface area contributed by atoms with E-state index in [1.807, 2.05) is 6.07 Å². The average molecular weight is 227 g/mol. The number of nitrogens with zero attached hydrogens (tertiary/aromatic N) is 1. The van der Waals surface area contributed by atoms with Crippen LogP contribution in [0.5, 0.6) is 0 Å². The molecule has 2 aromatic rings. The van der Waals surface area contributed by atoms with Crippen molar-refractivity contribution in [3.63, 3.8) is 0 Å². The van der Waals surface area contributed by atoms with E-state index in [1.165, 1.54) is 6.20 Å². The first-order valence-corrected chi connectivity index (χ1v) is 5.18. The van der Waals surface area contributed by atoms with Gasteiger partial charge in [-0.1, -0.05) is 30.3 Å². The fourth-order valence-electron chi connectivity index (χ4n) is 1.94. The van der Waals surface area contributed by atoms with E-state index in [9.17, 15) is 9.90 Å². The zero-order chi connectivity index (χ0) is 11.9. The zero-order valence-corrected chi connectivity index (χ0v) is 8.83. The van der Waals surface area contributed by atoms with Gasteiger partial charge in [-0.3, -0.25) is 4.98 Å². The third-order valence-electron chi connectivity index (χ3n) is 2.75. The number of benzene rings is 1. The molecule has 0 fully saturated rings. The summed E-state index contributed by atoms with van der Waals surface area (Å²) in [7, 11) is 0. The summed E-state index contributed by atoms with van der Waals surface area (Å²) in [6, 6.07) is 12.0. The number of carbonyl (C=O) groups is 1. The Bertz CT molecular complexity index is 582. The minimum atomic E-state index is -1.77. The van der Waals surface area contributed by atoms with Gasteiger partial charge in [0.05, 0.1) is 5.56 Å². The Morgan fingerprint density at radius 2 is 1.88 bits per heavy atom. The Balaban J connectivity index is 2.21. The lowest BCUT2D eigenvalue weighted by atomic mass is 10.0. The molecule has 0 spiro atoms. The fraction of sp³-hybridized carbons (Fsp3) is 0.0769. The highest BCUT2D eigenvalue weighted by Crippen LogP contribution is 2.37. The maximum Gasteiger partial charge on any atom is 0.343 e. The fourth-order valence-corrected chi connectivity index (χ4v) is 1.94. The molecule has 0 aliphatic carbocycles. The molecule has 1 aliphatic rings. The number of carbonyl (C=O) groups excluding carboxylic acids is 1. The van der Waals surface area contributed by atoms with Crippen molar-refractivity contribution in [2.75, 3.05) is 0 Å². The number of cyclic esters (lactones) is 1. The summed E-state index contributed by atoms with van der Waals surface area (Å²) in [4.78, 5) is 15.7. The number of hydrogen-bond acceptors (Lipinski definition) is 4. The number of esters is 1. The number of rotatable bonds is 1. The van der Waals surface area contributed by atoms with E-state index in [-0.39, 0.29) is 5.69 Å². The molecule has 3 rings (SSSR count). The van der Waals surface area contributed by atoms with Crippen LogP contribution in [0, 0.1) is 0 Å². The Labute approximate surface area is 97.5 Å². The van der Waals surface area contributed by atoms with Gasteiger partial charge >= 0.3 is 5.97 Å². The van der Waals surface area contributed by atoms with Gasteiger partial charge in [-0.2, -0.15) is 0 Å². The molecule has 0 saturated heterocycles. The van der Waals surface area contributed by atoms with E-state index in [2.05, 4.69) is 4.98 Å². The first kappa shape index (κ1) is 9.99. The van der Waals surface area contributed by atoms with Gasteiger partial charge < -0.3 is 9.84 Å². The predicted molar refractivity (Wildman–Crippen MR) is 59.1 cm³/mol. The van der Waals surface area contributed by atoms with Crippen LogP contribution in [-0.2, 0) is 10.5 Å². The second-order valence-electron chi connectivity index (χ2n) is 3.80. The molecule has 0 bridgehead atoms. The van der Waals surface area contributed by atoms with Crippen LogP contribution in [0.15, 0.2) is 48.7 Å². The monoisotopic (exact) mass is 227 g/mol. The number of pyridine rings is 1. The van der Waals surface area contributed by atoms with Crippen molar-refractivity contribution in [1.29, 1.82) is 0 Å². The molecule has 0 amide bonds. The Kier molecular flexibility index (Phi) is 2.00. The standard InChI is InChI=1S/C13H9NO3/c15-12-10-7-4-8-14-11(10)13(16,17-12)9-5-2-1-3-6-9/h1-8,16H/t13-/m1/s1. The van der Waals surface area contributed by atoms with Crippen molar-refractivity contribution < 1.29 is 14.6 Å². The Morgan fingerprint density at radius 3 is 2.65 bits per heavy atom. The van der Waals surface area contributed by atoms with Crippen LogP contribution in [0.25, 0.3) is 0 Å². The normalized spacial score (nSPS) is 22.1. The molecular weight excluding hydrogens is 218 g/mol. The van der Waals surface area contributed by atoms with E-state index in [0.717, 1.165) is 0 Å². The number of aliphatic hydroxyl groups is 1. The molecule has 1 aromatic heterocycles. The van der Waals surface area contributed by atoms with E-state index < -0.39 is 11.8 Å². The minimum Gasteiger partial charge on any atom is -0.419 e. The summed E-state index contributed by atoms with van der Waals surface area (Å²) in [5.41, 5.74) is 1.04. The lowest BCUT2D eigenvalue weighted by molar-refractivity contribution is -0.131. The molecule has 0 unspecified atom stereocenters. The van der Waals surface area contributed by atoms with Crippen LogP contribution in [0.1, 0.15) is 21.6 Å². The van der Waals surface area contributed by atoms with Crippen LogP contribution >= 0.6 is 0 Å². The number of hydrogen-bond donors (Lipinski definition) is 1. The van der Waals surface area contributed by atoms with Gasteiger partial charge in [0.25, 0.3) is 5.79 Å². The molecule has 1 aromatic carbocycles. The van der Waals surface area contributed by atoms with Crippen molar-refractivity contribution in [1.82, 2.24) is 4.98 Å². The van der Waals surface area contributed by atoms with Crippen LogP contribution < -0.4 is 0 Å². The summed E-state index contributed by atoms with van der Waals surface area (Å²) in [5, 5.41) is 10.5. The van der Waals surface area contributed by atoms with Gasteiger partial charge in [-0.25, -0.2) is 4.79 Å². The number of aromatic nitrogens is 1. The van der Waals surface area contributed by atoms with Crippen LogP contribution in [-0.4, -0.2) is 16.1 Å². The maximum absolute atomic E-state index is 11.6. The van der Waals surface area contributed by atoms with E-state index in [4.69, 9.17) is 4.74 Å². The molecule has 4 nitrogen and oxygen atoms in total. The quantitative estimate of drug-likeness (QED) is 0.749. The minimum absolute atomic E-state index is 0.246. The summed E-state index contributed by atoms with van der Waals surface area (Å²) in [6.07, 6.45) is 1.52. The zero-order valence-electron chi connectivity index (χ0n) is 8.83. The summed E-state index contributed by atoms with van der Waals surface area (Å²) in [6.45, 7) is 0. The van der Waals surface area contributed by atoms with Gasteiger partial charge in [-0.05, 0) is 12.1 Å². The Morgan fingerprint density at radius 1 is 1.12 bits per heavy atom. The maximum atomic E-state index is 11.6. The highest BCUT2D eigenvalue weighted by atomic mass is 16.7. The van der Waals surface area contributed by atoms with E-state index >= 15 is 0 Å². The molecule has 17 heavy (non-hydrogen) atoms. The van der Waals surface area contributed by atoms with Crippen LogP contribution in [0.4, 0.5) is 0 Å². The van der Waals surface area contributed by atoms with Crippen molar-refractivity contribution in [3.8, 4) is 0 Å². The number of fused-ring (bicyclic) bond motifs is 1. The van der Waals surface area contributed by atoms with Crippen LogP contribution in [0.3, 0.4) is 0 Å². The highest BCUT2D eigenvalue weighted by Gasteiger charge is 2.46. The molecule has 2 heterocycles. The molecule has 1 aliphatic heterocycles. The third kappa shape index (κ3) is 1.34. The van der Waals surface area contributed by atoms with Crippen molar-refractivity contribution in [2.24, 2.45) is 0 Å².